The summed E-state index contributed by atoms with van der Waals surface area (Å²) in [5.41, 5.74) is 1.43. The van der Waals surface area contributed by atoms with E-state index in [4.69, 9.17) is 4.74 Å². The number of benzene rings is 1. The van der Waals surface area contributed by atoms with Crippen LogP contribution in [-0.4, -0.2) is 19.7 Å². The molecule has 1 N–H and O–H groups in total. The fourth-order valence-corrected chi connectivity index (χ4v) is 2.40. The van der Waals surface area contributed by atoms with Crippen molar-refractivity contribution in [3.05, 3.63) is 29.8 Å². The number of ether oxygens (including phenoxy) is 1. The summed E-state index contributed by atoms with van der Waals surface area (Å²) in [6.45, 7) is 2.91. The third kappa shape index (κ3) is 3.27. The van der Waals surface area contributed by atoms with Crippen molar-refractivity contribution < 1.29 is 4.74 Å². The van der Waals surface area contributed by atoms with Gasteiger partial charge in [-0.3, -0.25) is 0 Å². The molecule has 0 bridgehead atoms. The molecule has 1 saturated carbocycles. The van der Waals surface area contributed by atoms with E-state index in [1.54, 1.807) is 7.11 Å². The standard InChI is InChI=1S/C16H21NO/c1-3-4-5-10-17-15-11-14(12-15)13-6-8-16(18-2)9-7-13/h6-9,14-15,17H,5,10-12H2,1-2H3. The summed E-state index contributed by atoms with van der Waals surface area (Å²) < 4.78 is 5.17. The molecular weight excluding hydrogens is 222 g/mol. The van der Waals surface area contributed by atoms with Crippen LogP contribution in [-0.2, 0) is 0 Å². The minimum absolute atomic E-state index is 0.677. The Hall–Kier alpha value is -1.46. The molecule has 2 rings (SSSR count). The van der Waals surface area contributed by atoms with Crippen LogP contribution in [0.4, 0.5) is 0 Å². The van der Waals surface area contributed by atoms with E-state index in [0.717, 1.165) is 18.7 Å². The summed E-state index contributed by atoms with van der Waals surface area (Å²) in [5.74, 6) is 7.65. The predicted octanol–water partition coefficient (Wildman–Crippen LogP) is 2.94. The van der Waals surface area contributed by atoms with Crippen LogP contribution in [0.2, 0.25) is 0 Å². The van der Waals surface area contributed by atoms with E-state index in [0.29, 0.717) is 12.0 Å². The lowest BCUT2D eigenvalue weighted by Crippen LogP contribution is -2.40. The first-order chi connectivity index (χ1) is 8.83. The second kappa shape index (κ2) is 6.47. The van der Waals surface area contributed by atoms with Gasteiger partial charge in [-0.25, -0.2) is 0 Å². The Morgan fingerprint density at radius 3 is 2.61 bits per heavy atom. The van der Waals surface area contributed by atoms with Gasteiger partial charge in [-0.05, 0) is 43.4 Å². The maximum absolute atomic E-state index is 5.17. The second-order valence-electron chi connectivity index (χ2n) is 4.77. The minimum Gasteiger partial charge on any atom is -0.497 e. The third-order valence-electron chi connectivity index (χ3n) is 3.59. The van der Waals surface area contributed by atoms with E-state index in [2.05, 4.69) is 29.3 Å². The smallest absolute Gasteiger partial charge is 0.118 e. The third-order valence-corrected chi connectivity index (χ3v) is 3.59. The highest BCUT2D eigenvalue weighted by Gasteiger charge is 2.29. The Balaban J connectivity index is 1.72. The maximum Gasteiger partial charge on any atom is 0.118 e. The van der Waals surface area contributed by atoms with Crippen LogP contribution >= 0.6 is 0 Å². The van der Waals surface area contributed by atoms with E-state index in [-0.39, 0.29) is 0 Å². The van der Waals surface area contributed by atoms with Crippen molar-refractivity contribution in [3.8, 4) is 17.6 Å². The zero-order valence-corrected chi connectivity index (χ0v) is 11.2. The van der Waals surface area contributed by atoms with Crippen molar-refractivity contribution in [1.29, 1.82) is 0 Å². The molecule has 0 spiro atoms. The molecule has 0 radical (unpaired) electrons. The lowest BCUT2D eigenvalue weighted by molar-refractivity contribution is 0.293. The lowest BCUT2D eigenvalue weighted by Gasteiger charge is -2.36. The summed E-state index contributed by atoms with van der Waals surface area (Å²) in [7, 11) is 1.71. The summed E-state index contributed by atoms with van der Waals surface area (Å²) in [4.78, 5) is 0. The van der Waals surface area contributed by atoms with Crippen LogP contribution in [0.1, 0.15) is 37.7 Å². The molecule has 2 heteroatoms. The quantitative estimate of drug-likeness (QED) is 0.634. The molecule has 18 heavy (non-hydrogen) atoms. The Bertz CT molecular complexity index is 421. The van der Waals surface area contributed by atoms with Crippen LogP contribution in [0.15, 0.2) is 24.3 Å². The van der Waals surface area contributed by atoms with Crippen molar-refractivity contribution >= 4 is 0 Å². The summed E-state index contributed by atoms with van der Waals surface area (Å²) in [6.07, 6.45) is 3.44. The molecule has 1 aromatic carbocycles. The highest BCUT2D eigenvalue weighted by atomic mass is 16.5. The fraction of sp³-hybridized carbons (Fsp3) is 0.500. The highest BCUT2D eigenvalue weighted by Crippen LogP contribution is 2.37. The van der Waals surface area contributed by atoms with Crippen LogP contribution in [0.3, 0.4) is 0 Å². The van der Waals surface area contributed by atoms with Gasteiger partial charge in [-0.1, -0.05) is 12.1 Å². The molecular formula is C16H21NO. The molecule has 0 atom stereocenters. The zero-order chi connectivity index (χ0) is 12.8. The van der Waals surface area contributed by atoms with Crippen LogP contribution < -0.4 is 10.1 Å². The highest BCUT2D eigenvalue weighted by molar-refractivity contribution is 5.30. The average Bonchev–Trinajstić information content (AvgIpc) is 2.37. The van der Waals surface area contributed by atoms with Crippen LogP contribution in [0.25, 0.3) is 0 Å². The molecule has 0 aliphatic heterocycles. The second-order valence-corrected chi connectivity index (χ2v) is 4.77. The van der Waals surface area contributed by atoms with Gasteiger partial charge in [0.15, 0.2) is 0 Å². The van der Waals surface area contributed by atoms with Gasteiger partial charge in [0.2, 0.25) is 0 Å². The number of rotatable bonds is 5. The van der Waals surface area contributed by atoms with Gasteiger partial charge < -0.3 is 10.1 Å². The van der Waals surface area contributed by atoms with Gasteiger partial charge in [0.05, 0.1) is 7.11 Å². The number of hydrogen-bond acceptors (Lipinski definition) is 2. The van der Waals surface area contributed by atoms with Crippen LogP contribution in [0, 0.1) is 11.8 Å². The monoisotopic (exact) mass is 243 g/mol. The van der Waals surface area contributed by atoms with E-state index >= 15 is 0 Å². The van der Waals surface area contributed by atoms with E-state index in [1.807, 2.05) is 19.1 Å². The molecule has 0 aromatic heterocycles. The largest absolute Gasteiger partial charge is 0.497 e. The van der Waals surface area contributed by atoms with Gasteiger partial charge in [-0.2, -0.15) is 0 Å². The van der Waals surface area contributed by atoms with E-state index < -0.39 is 0 Å². The van der Waals surface area contributed by atoms with Crippen molar-refractivity contribution in [1.82, 2.24) is 5.32 Å². The topological polar surface area (TPSA) is 21.3 Å². The van der Waals surface area contributed by atoms with Crippen molar-refractivity contribution in [2.45, 2.75) is 38.1 Å². The molecule has 1 aromatic rings. The average molecular weight is 243 g/mol. The molecule has 1 aliphatic carbocycles. The Labute approximate surface area is 110 Å². The molecule has 0 unspecified atom stereocenters. The van der Waals surface area contributed by atoms with Gasteiger partial charge in [0.1, 0.15) is 5.75 Å². The first-order valence-electron chi connectivity index (χ1n) is 6.60. The van der Waals surface area contributed by atoms with Gasteiger partial charge in [-0.15, -0.1) is 11.8 Å². The fourth-order valence-electron chi connectivity index (χ4n) is 2.40. The molecule has 0 heterocycles. The van der Waals surface area contributed by atoms with E-state index in [9.17, 15) is 0 Å². The maximum atomic E-state index is 5.17. The molecule has 2 nitrogen and oxygen atoms in total. The van der Waals surface area contributed by atoms with Crippen molar-refractivity contribution in [2.75, 3.05) is 13.7 Å². The summed E-state index contributed by atoms with van der Waals surface area (Å²) in [6, 6.07) is 9.14. The Morgan fingerprint density at radius 2 is 2.00 bits per heavy atom. The van der Waals surface area contributed by atoms with Gasteiger partial charge >= 0.3 is 0 Å². The Kier molecular flexibility index (Phi) is 4.66. The van der Waals surface area contributed by atoms with Gasteiger partial charge in [0.25, 0.3) is 0 Å². The zero-order valence-electron chi connectivity index (χ0n) is 11.2. The summed E-state index contributed by atoms with van der Waals surface area (Å²) in [5, 5.41) is 3.55. The first kappa shape index (κ1) is 13.0. The first-order valence-corrected chi connectivity index (χ1v) is 6.60. The Morgan fingerprint density at radius 1 is 1.28 bits per heavy atom. The molecule has 96 valence electrons. The SMILES string of the molecule is CC#CCCNC1CC(c2ccc(OC)cc2)C1. The number of methoxy groups -OCH3 is 1. The predicted molar refractivity (Wildman–Crippen MR) is 74.8 cm³/mol. The summed E-state index contributed by atoms with van der Waals surface area (Å²) >= 11 is 0. The van der Waals surface area contributed by atoms with Crippen LogP contribution in [0.5, 0.6) is 5.75 Å². The molecule has 1 aliphatic rings. The van der Waals surface area contributed by atoms with Crippen molar-refractivity contribution in [2.24, 2.45) is 0 Å². The normalized spacial score (nSPS) is 21.7. The number of nitrogens with one attached hydrogen (secondary N) is 1. The molecule has 0 saturated heterocycles. The number of hydrogen-bond donors (Lipinski definition) is 1. The minimum atomic E-state index is 0.677. The molecule has 0 amide bonds. The molecule has 1 fully saturated rings. The lowest BCUT2D eigenvalue weighted by atomic mass is 9.76. The van der Waals surface area contributed by atoms with Crippen molar-refractivity contribution in [3.63, 3.8) is 0 Å². The van der Waals surface area contributed by atoms with E-state index in [1.165, 1.54) is 18.4 Å². The van der Waals surface area contributed by atoms with Gasteiger partial charge in [0, 0.05) is 19.0 Å².